The molecule has 0 aliphatic heterocycles. The van der Waals surface area contributed by atoms with Crippen LogP contribution in [-0.2, 0) is 6.54 Å². The number of halogens is 2. The molecule has 0 saturated heterocycles. The van der Waals surface area contributed by atoms with Gasteiger partial charge in [-0.3, -0.25) is 4.98 Å². The highest BCUT2D eigenvalue weighted by molar-refractivity contribution is 6.31. The zero-order chi connectivity index (χ0) is 12.3. The second-order valence-electron chi connectivity index (χ2n) is 3.75. The van der Waals surface area contributed by atoms with Crippen LogP contribution in [0.1, 0.15) is 11.1 Å². The number of hydrogen-bond donors (Lipinski definition) is 1. The van der Waals surface area contributed by atoms with Crippen LogP contribution in [0.4, 0.5) is 10.1 Å². The van der Waals surface area contributed by atoms with E-state index in [2.05, 4.69) is 10.3 Å². The Kier molecular flexibility index (Phi) is 3.59. The normalized spacial score (nSPS) is 10.3. The fourth-order valence-corrected chi connectivity index (χ4v) is 1.77. The Labute approximate surface area is 104 Å². The van der Waals surface area contributed by atoms with E-state index < -0.39 is 0 Å². The van der Waals surface area contributed by atoms with E-state index in [4.69, 9.17) is 11.6 Å². The fourth-order valence-electron chi connectivity index (χ4n) is 1.59. The minimum absolute atomic E-state index is 0.254. The van der Waals surface area contributed by atoms with E-state index in [1.165, 1.54) is 6.07 Å². The van der Waals surface area contributed by atoms with Crippen molar-refractivity contribution >= 4 is 17.3 Å². The number of nitrogens with one attached hydrogen (secondary N) is 1. The summed E-state index contributed by atoms with van der Waals surface area (Å²) >= 11 is 5.97. The Hall–Kier alpha value is -1.61. The molecule has 0 radical (unpaired) electrons. The molecule has 0 spiro atoms. The summed E-state index contributed by atoms with van der Waals surface area (Å²) < 4.78 is 13.5. The molecule has 17 heavy (non-hydrogen) atoms. The number of aromatic nitrogens is 1. The minimum atomic E-state index is -0.254. The monoisotopic (exact) mass is 250 g/mol. The van der Waals surface area contributed by atoms with Crippen LogP contribution in [0.25, 0.3) is 0 Å². The van der Waals surface area contributed by atoms with Gasteiger partial charge in [0, 0.05) is 18.9 Å². The number of benzene rings is 1. The van der Waals surface area contributed by atoms with Crippen molar-refractivity contribution in [1.82, 2.24) is 4.98 Å². The topological polar surface area (TPSA) is 24.9 Å². The van der Waals surface area contributed by atoms with Crippen LogP contribution in [0.5, 0.6) is 0 Å². The van der Waals surface area contributed by atoms with Gasteiger partial charge in [0.1, 0.15) is 5.82 Å². The molecule has 1 aromatic heterocycles. The number of nitrogens with zero attached hydrogens (tertiary/aromatic N) is 1. The van der Waals surface area contributed by atoms with Crippen molar-refractivity contribution in [3.63, 3.8) is 0 Å². The second kappa shape index (κ2) is 5.15. The van der Waals surface area contributed by atoms with E-state index in [0.717, 1.165) is 11.1 Å². The predicted molar refractivity (Wildman–Crippen MR) is 67.7 cm³/mol. The van der Waals surface area contributed by atoms with Crippen molar-refractivity contribution in [2.24, 2.45) is 0 Å². The first kappa shape index (κ1) is 11.9. The average Bonchev–Trinajstić information content (AvgIpc) is 2.30. The molecule has 88 valence electrons. The first-order valence-corrected chi connectivity index (χ1v) is 5.63. The van der Waals surface area contributed by atoms with Gasteiger partial charge in [0.05, 0.1) is 10.7 Å². The number of aryl methyl sites for hydroxylation is 1. The molecule has 0 aliphatic rings. The molecule has 1 heterocycles. The summed E-state index contributed by atoms with van der Waals surface area (Å²) in [5, 5.41) is 3.63. The van der Waals surface area contributed by atoms with Crippen molar-refractivity contribution in [3.05, 3.63) is 58.6 Å². The molecule has 0 bridgehead atoms. The number of para-hydroxylation sites is 1. The first-order chi connectivity index (χ1) is 8.18. The van der Waals surface area contributed by atoms with Gasteiger partial charge in [-0.2, -0.15) is 0 Å². The molecule has 0 fully saturated rings. The quantitative estimate of drug-likeness (QED) is 0.896. The largest absolute Gasteiger partial charge is 0.378 e. The average molecular weight is 251 g/mol. The Morgan fingerprint density at radius 3 is 2.88 bits per heavy atom. The molecule has 2 aromatic rings. The Morgan fingerprint density at radius 2 is 2.18 bits per heavy atom. The molecular weight excluding hydrogens is 239 g/mol. The molecule has 4 heteroatoms. The zero-order valence-corrected chi connectivity index (χ0v) is 10.1. The summed E-state index contributed by atoms with van der Waals surface area (Å²) in [6.07, 6.45) is 3.24. The maximum Gasteiger partial charge on any atom is 0.146 e. The maximum atomic E-state index is 13.5. The van der Waals surface area contributed by atoms with Crippen LogP contribution in [0, 0.1) is 12.7 Å². The van der Waals surface area contributed by atoms with E-state index in [0.29, 0.717) is 17.3 Å². The van der Waals surface area contributed by atoms with Crippen LogP contribution in [0.2, 0.25) is 5.02 Å². The smallest absolute Gasteiger partial charge is 0.146 e. The molecule has 0 atom stereocenters. The molecule has 0 aliphatic carbocycles. The second-order valence-corrected chi connectivity index (χ2v) is 4.16. The standard InChI is InChI=1S/C13H12ClFN2/c1-9-3-2-4-12(15)13(9)17-7-10-5-6-16-8-11(10)14/h2-6,8,17H,7H2,1H3. The molecular formula is C13H12ClFN2. The summed E-state index contributed by atoms with van der Waals surface area (Å²) in [6.45, 7) is 2.34. The maximum absolute atomic E-state index is 13.5. The van der Waals surface area contributed by atoms with Gasteiger partial charge in [-0.1, -0.05) is 23.7 Å². The Balaban J connectivity index is 2.16. The third-order valence-electron chi connectivity index (χ3n) is 2.53. The number of pyridine rings is 1. The zero-order valence-electron chi connectivity index (χ0n) is 9.37. The van der Waals surface area contributed by atoms with E-state index in [1.807, 2.05) is 19.1 Å². The SMILES string of the molecule is Cc1cccc(F)c1NCc1ccncc1Cl. The highest BCUT2D eigenvalue weighted by atomic mass is 35.5. The first-order valence-electron chi connectivity index (χ1n) is 5.26. The highest BCUT2D eigenvalue weighted by Gasteiger charge is 2.05. The van der Waals surface area contributed by atoms with Crippen LogP contribution >= 0.6 is 11.6 Å². The lowest BCUT2D eigenvalue weighted by molar-refractivity contribution is 0.629. The van der Waals surface area contributed by atoms with E-state index in [9.17, 15) is 4.39 Å². The molecule has 2 nitrogen and oxygen atoms in total. The number of rotatable bonds is 3. The number of hydrogen-bond acceptors (Lipinski definition) is 2. The molecule has 0 unspecified atom stereocenters. The molecule has 2 rings (SSSR count). The van der Waals surface area contributed by atoms with Gasteiger partial charge < -0.3 is 5.32 Å². The third-order valence-corrected chi connectivity index (χ3v) is 2.87. The summed E-state index contributed by atoms with van der Waals surface area (Å²) in [5.41, 5.74) is 2.28. The lowest BCUT2D eigenvalue weighted by Gasteiger charge is -2.11. The van der Waals surface area contributed by atoms with E-state index >= 15 is 0 Å². The molecule has 1 N–H and O–H groups in total. The van der Waals surface area contributed by atoms with Crippen LogP contribution in [0.3, 0.4) is 0 Å². The van der Waals surface area contributed by atoms with Crippen LogP contribution in [-0.4, -0.2) is 4.98 Å². The lowest BCUT2D eigenvalue weighted by atomic mass is 10.2. The van der Waals surface area contributed by atoms with Crippen LogP contribution in [0.15, 0.2) is 36.7 Å². The van der Waals surface area contributed by atoms with Gasteiger partial charge in [-0.05, 0) is 30.2 Å². The molecule has 0 saturated carbocycles. The van der Waals surface area contributed by atoms with Crippen molar-refractivity contribution in [2.75, 3.05) is 5.32 Å². The summed E-state index contributed by atoms with van der Waals surface area (Å²) in [5.74, 6) is -0.254. The van der Waals surface area contributed by atoms with E-state index in [-0.39, 0.29) is 5.82 Å². The van der Waals surface area contributed by atoms with E-state index in [1.54, 1.807) is 18.5 Å². The predicted octanol–water partition coefficient (Wildman–Crippen LogP) is 3.79. The van der Waals surface area contributed by atoms with Crippen molar-refractivity contribution < 1.29 is 4.39 Å². The van der Waals surface area contributed by atoms with Crippen molar-refractivity contribution in [1.29, 1.82) is 0 Å². The molecule has 1 aromatic carbocycles. The van der Waals surface area contributed by atoms with Gasteiger partial charge in [-0.15, -0.1) is 0 Å². The Morgan fingerprint density at radius 1 is 1.35 bits per heavy atom. The fraction of sp³-hybridized carbons (Fsp3) is 0.154. The van der Waals surface area contributed by atoms with Gasteiger partial charge in [-0.25, -0.2) is 4.39 Å². The summed E-state index contributed by atoms with van der Waals surface area (Å²) in [4.78, 5) is 3.90. The summed E-state index contributed by atoms with van der Waals surface area (Å²) in [7, 11) is 0. The lowest BCUT2D eigenvalue weighted by Crippen LogP contribution is -2.03. The van der Waals surface area contributed by atoms with Gasteiger partial charge in [0.25, 0.3) is 0 Å². The third kappa shape index (κ3) is 2.74. The van der Waals surface area contributed by atoms with Gasteiger partial charge >= 0.3 is 0 Å². The van der Waals surface area contributed by atoms with Gasteiger partial charge in [0.15, 0.2) is 0 Å². The number of anilines is 1. The highest BCUT2D eigenvalue weighted by Crippen LogP contribution is 2.21. The minimum Gasteiger partial charge on any atom is -0.378 e. The summed E-state index contributed by atoms with van der Waals surface area (Å²) in [6, 6.07) is 6.80. The van der Waals surface area contributed by atoms with Crippen molar-refractivity contribution in [2.45, 2.75) is 13.5 Å². The molecule has 0 amide bonds. The van der Waals surface area contributed by atoms with Crippen LogP contribution < -0.4 is 5.32 Å². The Bertz CT molecular complexity index is 508. The van der Waals surface area contributed by atoms with Crippen molar-refractivity contribution in [3.8, 4) is 0 Å². The van der Waals surface area contributed by atoms with Gasteiger partial charge in [0.2, 0.25) is 0 Å².